The second-order valence-electron chi connectivity index (χ2n) is 15.7. The first-order chi connectivity index (χ1) is 23.8. The highest BCUT2D eigenvalue weighted by Crippen LogP contribution is 2.50. The highest BCUT2D eigenvalue weighted by molar-refractivity contribution is 6.31. The van der Waals surface area contributed by atoms with E-state index in [1.54, 1.807) is 12.1 Å². The molecule has 0 heterocycles. The molecule has 50 heavy (non-hydrogen) atoms. The molecule has 6 heteroatoms. The lowest BCUT2D eigenvalue weighted by atomic mass is 9.67. The van der Waals surface area contributed by atoms with Gasteiger partial charge in [-0.25, -0.2) is 9.59 Å². The van der Waals surface area contributed by atoms with Crippen LogP contribution in [0.1, 0.15) is 153 Å². The predicted molar refractivity (Wildman–Crippen MR) is 202 cm³/mol. The lowest BCUT2D eigenvalue weighted by Gasteiger charge is -2.38. The summed E-state index contributed by atoms with van der Waals surface area (Å²) in [5.41, 5.74) is 5.00. The van der Waals surface area contributed by atoms with E-state index in [0.717, 1.165) is 93.7 Å². The fourth-order valence-corrected chi connectivity index (χ4v) is 8.38. The summed E-state index contributed by atoms with van der Waals surface area (Å²) in [6.45, 7) is 19.2. The number of ether oxygens (including phenoxy) is 2. The number of aromatic hydroxyl groups is 2. The summed E-state index contributed by atoms with van der Waals surface area (Å²) in [6.07, 6.45) is 14.5. The van der Waals surface area contributed by atoms with Crippen molar-refractivity contribution < 1.29 is 29.3 Å². The Morgan fingerprint density at radius 1 is 0.840 bits per heavy atom. The molecule has 2 aliphatic carbocycles. The Morgan fingerprint density at radius 2 is 1.38 bits per heavy atom. The van der Waals surface area contributed by atoms with Crippen molar-refractivity contribution in [1.82, 2.24) is 0 Å². The molecule has 0 saturated heterocycles. The van der Waals surface area contributed by atoms with Crippen LogP contribution in [-0.2, 0) is 22.4 Å². The molecule has 0 unspecified atom stereocenters. The van der Waals surface area contributed by atoms with E-state index in [0.29, 0.717) is 35.3 Å². The van der Waals surface area contributed by atoms with E-state index in [-0.39, 0.29) is 40.8 Å². The Kier molecular flexibility index (Phi) is 14.2. The molecule has 2 aromatic rings. The molecule has 0 aliphatic heterocycles. The summed E-state index contributed by atoms with van der Waals surface area (Å²) in [5.74, 6) is -0.772. The van der Waals surface area contributed by atoms with Gasteiger partial charge in [0.05, 0.1) is 0 Å². The van der Waals surface area contributed by atoms with Gasteiger partial charge in [-0.05, 0) is 130 Å². The number of carbonyl (C=O) groups excluding carboxylic acids is 2. The van der Waals surface area contributed by atoms with E-state index in [4.69, 9.17) is 9.47 Å². The Balaban J connectivity index is 1.72. The smallest absolute Gasteiger partial charge is 0.423 e. The SMILES string of the molecule is C=C(C)[C@@H]1CCC(C)=C[C@H]1c1c(O)cc(CCCCC)cc1OC(=O)C(=O)Oc1cc(CCCCC)cc(O)c1[C@@H]1C[C@H](C)CC[C@H]1C(C)C. The van der Waals surface area contributed by atoms with Crippen molar-refractivity contribution in [2.45, 2.75) is 144 Å². The normalized spacial score (nSPS) is 22.2. The van der Waals surface area contributed by atoms with Gasteiger partial charge in [0.25, 0.3) is 0 Å². The van der Waals surface area contributed by atoms with Gasteiger partial charge < -0.3 is 19.7 Å². The molecule has 1 fully saturated rings. The molecule has 1 saturated carbocycles. The molecule has 5 atom stereocenters. The molecule has 4 rings (SSSR count). The fourth-order valence-electron chi connectivity index (χ4n) is 8.38. The lowest BCUT2D eigenvalue weighted by Crippen LogP contribution is -2.29. The van der Waals surface area contributed by atoms with Crippen molar-refractivity contribution in [3.8, 4) is 23.0 Å². The van der Waals surface area contributed by atoms with Gasteiger partial charge in [-0.15, -0.1) is 0 Å². The third kappa shape index (κ3) is 9.82. The number of unbranched alkanes of at least 4 members (excludes halogenated alkanes) is 4. The van der Waals surface area contributed by atoms with Crippen molar-refractivity contribution in [2.24, 2.45) is 23.7 Å². The van der Waals surface area contributed by atoms with E-state index in [9.17, 15) is 19.8 Å². The molecule has 2 N–H and O–H groups in total. The predicted octanol–water partition coefficient (Wildman–Crippen LogP) is 11.3. The van der Waals surface area contributed by atoms with Crippen LogP contribution in [0.5, 0.6) is 23.0 Å². The largest absolute Gasteiger partial charge is 0.508 e. The van der Waals surface area contributed by atoms with Crippen LogP contribution >= 0.6 is 0 Å². The third-order valence-electron chi connectivity index (χ3n) is 11.2. The molecule has 2 aliphatic rings. The number of aryl methyl sites for hydroxylation is 2. The first-order valence-corrected chi connectivity index (χ1v) is 19.3. The van der Waals surface area contributed by atoms with Crippen LogP contribution in [0.15, 0.2) is 48.1 Å². The number of esters is 2. The maximum absolute atomic E-state index is 13.7. The Labute approximate surface area is 301 Å². The Morgan fingerprint density at radius 3 is 1.90 bits per heavy atom. The van der Waals surface area contributed by atoms with Crippen LogP contribution in [0, 0.1) is 23.7 Å². The minimum atomic E-state index is -1.15. The van der Waals surface area contributed by atoms with Crippen LogP contribution in [0.2, 0.25) is 0 Å². The van der Waals surface area contributed by atoms with Crippen molar-refractivity contribution >= 4 is 11.9 Å². The van der Waals surface area contributed by atoms with Gasteiger partial charge in [-0.2, -0.15) is 0 Å². The minimum absolute atomic E-state index is 0.00832. The molecular formula is C44H62O6. The number of benzene rings is 2. The molecule has 274 valence electrons. The molecule has 0 amide bonds. The van der Waals surface area contributed by atoms with Gasteiger partial charge in [0.2, 0.25) is 0 Å². The minimum Gasteiger partial charge on any atom is -0.508 e. The number of allylic oxidation sites excluding steroid dienone is 3. The molecule has 0 bridgehead atoms. The number of hydrogen-bond donors (Lipinski definition) is 2. The van der Waals surface area contributed by atoms with E-state index in [2.05, 4.69) is 54.2 Å². The summed E-state index contributed by atoms with van der Waals surface area (Å²) in [7, 11) is 0. The quantitative estimate of drug-likeness (QED) is 0.0675. The number of phenolic OH excluding ortho intramolecular Hbond substituents is 2. The summed E-state index contributed by atoms with van der Waals surface area (Å²) in [5, 5.41) is 23.0. The summed E-state index contributed by atoms with van der Waals surface area (Å²) < 4.78 is 11.9. The maximum Gasteiger partial charge on any atom is 0.423 e. The van der Waals surface area contributed by atoms with Gasteiger partial charge in [0.15, 0.2) is 0 Å². The number of phenols is 2. The lowest BCUT2D eigenvalue weighted by molar-refractivity contribution is -0.156. The second kappa shape index (κ2) is 18.1. The molecule has 0 radical (unpaired) electrons. The van der Waals surface area contributed by atoms with Crippen LogP contribution in [0.25, 0.3) is 0 Å². The third-order valence-corrected chi connectivity index (χ3v) is 11.2. The van der Waals surface area contributed by atoms with E-state index < -0.39 is 11.9 Å². The first kappa shape index (κ1) is 39.2. The molecule has 0 aromatic heterocycles. The van der Waals surface area contributed by atoms with Crippen LogP contribution in [0.4, 0.5) is 0 Å². The average molecular weight is 687 g/mol. The zero-order valence-electron chi connectivity index (χ0n) is 31.8. The van der Waals surface area contributed by atoms with Crippen molar-refractivity contribution in [3.05, 3.63) is 70.3 Å². The Bertz CT molecular complexity index is 1530. The van der Waals surface area contributed by atoms with Crippen molar-refractivity contribution in [2.75, 3.05) is 0 Å². The van der Waals surface area contributed by atoms with E-state index >= 15 is 0 Å². The topological polar surface area (TPSA) is 93.1 Å². The molecule has 0 spiro atoms. The van der Waals surface area contributed by atoms with Gasteiger partial charge in [0.1, 0.15) is 23.0 Å². The van der Waals surface area contributed by atoms with Crippen LogP contribution in [-0.4, -0.2) is 22.2 Å². The van der Waals surface area contributed by atoms with E-state index in [1.807, 2.05) is 19.1 Å². The highest BCUT2D eigenvalue weighted by atomic mass is 16.6. The standard InChI is InChI=1S/C44H62O6/c1-9-11-13-15-31-23-37(45)41(35-21-29(7)17-19-33(35)27(3)4)39(25-31)49-43(47)44(48)50-40-26-32(16-14-12-10-2)24-38(46)42(40)36-22-30(8)18-20-34(36)28(5)6/h21,23-26,28,30,33-36,45-46H,3,9-20,22H2,1-2,4-8H3/t30-,33+,34+,35-,36-/m1/s1. The second-order valence-corrected chi connectivity index (χ2v) is 15.7. The number of hydrogen-bond acceptors (Lipinski definition) is 6. The van der Waals surface area contributed by atoms with Gasteiger partial charge in [-0.1, -0.05) is 90.5 Å². The molecular weight excluding hydrogens is 624 g/mol. The average Bonchev–Trinajstić information content (AvgIpc) is 3.04. The summed E-state index contributed by atoms with van der Waals surface area (Å²) in [4.78, 5) is 27.5. The first-order valence-electron chi connectivity index (χ1n) is 19.3. The molecule has 6 nitrogen and oxygen atoms in total. The van der Waals surface area contributed by atoms with Crippen LogP contribution < -0.4 is 9.47 Å². The van der Waals surface area contributed by atoms with Crippen molar-refractivity contribution in [3.63, 3.8) is 0 Å². The number of rotatable bonds is 14. The van der Waals surface area contributed by atoms with E-state index in [1.165, 1.54) is 5.57 Å². The maximum atomic E-state index is 13.7. The Hall–Kier alpha value is -3.54. The van der Waals surface area contributed by atoms with Crippen LogP contribution in [0.3, 0.4) is 0 Å². The van der Waals surface area contributed by atoms with Gasteiger partial charge >= 0.3 is 11.9 Å². The summed E-state index contributed by atoms with van der Waals surface area (Å²) >= 11 is 0. The highest BCUT2D eigenvalue weighted by Gasteiger charge is 2.37. The van der Waals surface area contributed by atoms with Crippen molar-refractivity contribution in [1.29, 1.82) is 0 Å². The summed E-state index contributed by atoms with van der Waals surface area (Å²) in [6, 6.07) is 7.22. The number of carbonyl (C=O) groups is 2. The van der Waals surface area contributed by atoms with Gasteiger partial charge in [0, 0.05) is 17.0 Å². The monoisotopic (exact) mass is 686 g/mol. The molecule has 2 aromatic carbocycles. The van der Waals surface area contributed by atoms with Gasteiger partial charge in [-0.3, -0.25) is 0 Å². The fraction of sp³-hybridized carbons (Fsp3) is 0.591. The zero-order valence-corrected chi connectivity index (χ0v) is 31.8. The zero-order chi connectivity index (χ0) is 36.5.